The Labute approximate surface area is 229 Å². The van der Waals surface area contributed by atoms with Gasteiger partial charge in [0, 0.05) is 20.6 Å². The minimum absolute atomic E-state index is 0.194. The van der Waals surface area contributed by atoms with E-state index in [4.69, 9.17) is 51.1 Å². The third kappa shape index (κ3) is 7.87. The molecule has 0 bridgehead atoms. The molecule has 188 valence electrons. The first-order valence-corrected chi connectivity index (χ1v) is 12.4. The molecule has 1 unspecified atom stereocenters. The van der Waals surface area contributed by atoms with Gasteiger partial charge in [0.2, 0.25) is 0 Å². The minimum Gasteiger partial charge on any atom is -0.489 e. The van der Waals surface area contributed by atoms with Crippen molar-refractivity contribution in [2.45, 2.75) is 26.5 Å². The first-order chi connectivity index (χ1) is 17.1. The fraction of sp³-hybridized carbons (Fsp3) is 0.192. The van der Waals surface area contributed by atoms with Crippen LogP contribution in [0.15, 0.2) is 65.8 Å². The van der Waals surface area contributed by atoms with Crippen LogP contribution in [0.4, 0.5) is 0 Å². The highest BCUT2D eigenvalue weighted by atomic mass is 35.5. The average molecular weight is 567 g/mol. The predicted molar refractivity (Wildman–Crippen MR) is 146 cm³/mol. The molecule has 3 aromatic carbocycles. The van der Waals surface area contributed by atoms with Crippen LogP contribution in [0, 0.1) is 5.92 Å². The molecule has 1 atom stereocenters. The quantitative estimate of drug-likeness (QED) is 0.221. The van der Waals surface area contributed by atoms with E-state index in [1.807, 2.05) is 19.9 Å². The monoisotopic (exact) mass is 565 g/mol. The molecule has 0 aliphatic heterocycles. The number of hydrogen-bond donors (Lipinski definition) is 2. The maximum absolute atomic E-state index is 12.7. The van der Waals surface area contributed by atoms with Gasteiger partial charge in [-0.05, 0) is 66.1 Å². The van der Waals surface area contributed by atoms with Crippen molar-refractivity contribution >= 4 is 64.4 Å². The molecule has 2 N–H and O–H groups in total. The number of halogens is 4. The van der Waals surface area contributed by atoms with E-state index < -0.39 is 17.9 Å². The first kappa shape index (κ1) is 27.8. The van der Waals surface area contributed by atoms with Crippen molar-refractivity contribution in [2.24, 2.45) is 11.0 Å². The van der Waals surface area contributed by atoms with E-state index in [0.717, 1.165) is 11.1 Å². The molecule has 0 aliphatic carbocycles. The highest BCUT2D eigenvalue weighted by molar-refractivity contribution is 6.37. The van der Waals surface area contributed by atoms with Crippen LogP contribution >= 0.6 is 46.4 Å². The van der Waals surface area contributed by atoms with E-state index in [1.54, 1.807) is 42.5 Å². The molecular weight excluding hydrogens is 544 g/mol. The SMILES string of the molecule is CC(C)C(NC(=O)c1ccc(Cl)cc1Cl)C(=O)N/N=C/c1ccc(OCc2ccc(Cl)cc2Cl)cc1. The van der Waals surface area contributed by atoms with Gasteiger partial charge in [-0.2, -0.15) is 5.10 Å². The summed E-state index contributed by atoms with van der Waals surface area (Å²) in [4.78, 5) is 25.3. The lowest BCUT2D eigenvalue weighted by Gasteiger charge is -2.20. The third-order valence-electron chi connectivity index (χ3n) is 5.09. The summed E-state index contributed by atoms with van der Waals surface area (Å²) in [5.41, 5.74) is 4.26. The number of carbonyl (C=O) groups excluding carboxylic acids is 2. The molecule has 3 rings (SSSR count). The average Bonchev–Trinajstić information content (AvgIpc) is 2.82. The van der Waals surface area contributed by atoms with Gasteiger partial charge < -0.3 is 10.1 Å². The van der Waals surface area contributed by atoms with Gasteiger partial charge >= 0.3 is 0 Å². The molecule has 0 saturated carbocycles. The largest absolute Gasteiger partial charge is 0.489 e. The summed E-state index contributed by atoms with van der Waals surface area (Å²) >= 11 is 24.1. The van der Waals surface area contributed by atoms with Crippen molar-refractivity contribution in [3.05, 3.63) is 97.4 Å². The van der Waals surface area contributed by atoms with Gasteiger partial charge in [-0.15, -0.1) is 0 Å². The molecular formula is C26H23Cl4N3O3. The Morgan fingerprint density at radius 3 is 2.17 bits per heavy atom. The number of amides is 2. The van der Waals surface area contributed by atoms with E-state index in [9.17, 15) is 9.59 Å². The Hall–Kier alpha value is -2.77. The summed E-state index contributed by atoms with van der Waals surface area (Å²) in [6, 6.07) is 16.1. The fourth-order valence-electron chi connectivity index (χ4n) is 3.12. The van der Waals surface area contributed by atoms with Crippen molar-refractivity contribution in [3.63, 3.8) is 0 Å². The van der Waals surface area contributed by atoms with Crippen LogP contribution in [0.3, 0.4) is 0 Å². The standard InChI is InChI=1S/C26H23Cl4N3O3/c1-15(2)24(32-25(34)21-10-7-19(28)12-23(21)30)26(35)33-31-13-16-3-8-20(9-4-16)36-14-17-5-6-18(27)11-22(17)29/h3-13,15,24H,14H2,1-2H3,(H,32,34)(H,33,35)/b31-13+. The molecule has 36 heavy (non-hydrogen) atoms. The summed E-state index contributed by atoms with van der Waals surface area (Å²) in [6.07, 6.45) is 1.49. The van der Waals surface area contributed by atoms with E-state index in [-0.39, 0.29) is 16.5 Å². The van der Waals surface area contributed by atoms with E-state index >= 15 is 0 Å². The van der Waals surface area contributed by atoms with Gasteiger partial charge in [0.05, 0.1) is 16.8 Å². The molecule has 3 aromatic rings. The molecule has 0 aliphatic rings. The minimum atomic E-state index is -0.822. The van der Waals surface area contributed by atoms with E-state index in [2.05, 4.69) is 15.8 Å². The number of nitrogens with one attached hydrogen (secondary N) is 2. The lowest BCUT2D eigenvalue weighted by Crippen LogP contribution is -2.48. The van der Waals surface area contributed by atoms with Gasteiger partial charge in [-0.3, -0.25) is 9.59 Å². The van der Waals surface area contributed by atoms with E-state index in [1.165, 1.54) is 18.3 Å². The molecule has 0 spiro atoms. The highest BCUT2D eigenvalue weighted by Crippen LogP contribution is 2.23. The Bertz CT molecular complexity index is 1260. The Morgan fingerprint density at radius 2 is 1.56 bits per heavy atom. The number of ether oxygens (including phenoxy) is 1. The van der Waals surface area contributed by atoms with Gasteiger partial charge in [0.25, 0.3) is 11.8 Å². The summed E-state index contributed by atoms with van der Waals surface area (Å²) in [6.45, 7) is 3.92. The summed E-state index contributed by atoms with van der Waals surface area (Å²) < 4.78 is 5.76. The van der Waals surface area contributed by atoms with Crippen molar-refractivity contribution in [1.82, 2.24) is 10.7 Å². The molecule has 10 heteroatoms. The van der Waals surface area contributed by atoms with Crippen LogP contribution in [-0.4, -0.2) is 24.1 Å². The second kappa shape index (κ2) is 13.0. The van der Waals surface area contributed by atoms with Gasteiger partial charge in [0.15, 0.2) is 0 Å². The summed E-state index contributed by atoms with van der Waals surface area (Å²) in [5.74, 6) is -0.490. The molecule has 0 aromatic heterocycles. The normalized spacial score (nSPS) is 12.0. The maximum atomic E-state index is 12.7. The van der Waals surface area contributed by atoms with Crippen molar-refractivity contribution in [3.8, 4) is 5.75 Å². The second-order valence-corrected chi connectivity index (χ2v) is 9.83. The van der Waals surface area contributed by atoms with Crippen LogP contribution in [0.5, 0.6) is 5.75 Å². The van der Waals surface area contributed by atoms with Crippen LogP contribution in [0.25, 0.3) is 0 Å². The Morgan fingerprint density at radius 1 is 0.917 bits per heavy atom. The maximum Gasteiger partial charge on any atom is 0.262 e. The Balaban J connectivity index is 1.55. The Kier molecular flexibility index (Phi) is 10.0. The van der Waals surface area contributed by atoms with Crippen LogP contribution in [0.2, 0.25) is 20.1 Å². The smallest absolute Gasteiger partial charge is 0.262 e. The zero-order valence-electron chi connectivity index (χ0n) is 19.4. The molecule has 0 fully saturated rings. The van der Waals surface area contributed by atoms with Gasteiger partial charge in [-0.1, -0.05) is 66.3 Å². The van der Waals surface area contributed by atoms with Crippen molar-refractivity contribution in [2.75, 3.05) is 0 Å². The van der Waals surface area contributed by atoms with Crippen molar-refractivity contribution in [1.29, 1.82) is 0 Å². The number of hydrazone groups is 1. The zero-order valence-corrected chi connectivity index (χ0v) is 22.4. The van der Waals surface area contributed by atoms with Crippen LogP contribution in [0.1, 0.15) is 35.3 Å². The molecule has 2 amide bonds. The molecule has 6 nitrogen and oxygen atoms in total. The number of hydrogen-bond acceptors (Lipinski definition) is 4. The predicted octanol–water partition coefficient (Wildman–Crippen LogP) is 6.78. The van der Waals surface area contributed by atoms with Gasteiger partial charge in [0.1, 0.15) is 18.4 Å². The van der Waals surface area contributed by atoms with Crippen LogP contribution in [-0.2, 0) is 11.4 Å². The highest BCUT2D eigenvalue weighted by Gasteiger charge is 2.25. The lowest BCUT2D eigenvalue weighted by atomic mass is 10.0. The van der Waals surface area contributed by atoms with E-state index in [0.29, 0.717) is 27.4 Å². The van der Waals surface area contributed by atoms with Gasteiger partial charge in [-0.25, -0.2) is 5.43 Å². The number of rotatable bonds is 9. The number of nitrogens with zero attached hydrogens (tertiary/aromatic N) is 1. The van der Waals surface area contributed by atoms with Crippen LogP contribution < -0.4 is 15.5 Å². The third-order valence-corrected chi connectivity index (χ3v) is 6.22. The lowest BCUT2D eigenvalue weighted by molar-refractivity contribution is -0.123. The summed E-state index contributed by atoms with van der Waals surface area (Å²) in [7, 11) is 0. The summed E-state index contributed by atoms with van der Waals surface area (Å²) in [5, 5.41) is 8.41. The van der Waals surface area contributed by atoms with Crippen molar-refractivity contribution < 1.29 is 14.3 Å². The second-order valence-electron chi connectivity index (χ2n) is 8.15. The molecule has 0 radical (unpaired) electrons. The number of benzene rings is 3. The fourth-order valence-corrected chi connectivity index (χ4v) is 4.07. The number of carbonyl (C=O) groups is 2. The molecule has 0 saturated heterocycles. The first-order valence-electron chi connectivity index (χ1n) is 10.9. The topological polar surface area (TPSA) is 79.8 Å². The molecule has 0 heterocycles. The zero-order chi connectivity index (χ0) is 26.2.